The molecule has 1 saturated carbocycles. The Kier molecular flexibility index (Phi) is 5.33. The Labute approximate surface area is 187 Å². The minimum atomic E-state index is -0.730. The maximum absolute atomic E-state index is 12.8. The molecule has 0 atom stereocenters. The molecule has 5 rings (SSSR count). The van der Waals surface area contributed by atoms with Crippen molar-refractivity contribution >= 4 is 29.2 Å². The van der Waals surface area contributed by atoms with Gasteiger partial charge in [0, 0.05) is 37.4 Å². The van der Waals surface area contributed by atoms with Crippen molar-refractivity contribution in [3.05, 3.63) is 59.7 Å². The predicted molar refractivity (Wildman–Crippen MR) is 122 cm³/mol. The summed E-state index contributed by atoms with van der Waals surface area (Å²) in [6.07, 6.45) is 4.37. The maximum atomic E-state index is 12.8. The molecule has 2 aliphatic heterocycles. The zero-order valence-electron chi connectivity index (χ0n) is 18.1. The van der Waals surface area contributed by atoms with Crippen LogP contribution >= 0.6 is 0 Å². The molecule has 2 fully saturated rings. The molecule has 0 radical (unpaired) electrons. The molecule has 2 heterocycles. The minimum absolute atomic E-state index is 0.0795. The van der Waals surface area contributed by atoms with Gasteiger partial charge >= 0.3 is 6.03 Å². The lowest BCUT2D eigenvalue weighted by Crippen LogP contribution is -2.44. The second-order valence-corrected chi connectivity index (χ2v) is 8.93. The number of rotatable bonds is 6. The van der Waals surface area contributed by atoms with Gasteiger partial charge in [-0.3, -0.25) is 14.5 Å². The van der Waals surface area contributed by atoms with E-state index < -0.39 is 5.54 Å². The summed E-state index contributed by atoms with van der Waals surface area (Å²) in [5, 5.41) is 5.85. The van der Waals surface area contributed by atoms with Crippen LogP contribution in [0.5, 0.6) is 0 Å². The zero-order chi connectivity index (χ0) is 22.1. The fraction of sp³-hybridized carbons (Fsp3) is 0.400. The van der Waals surface area contributed by atoms with Crippen LogP contribution in [-0.4, -0.2) is 41.4 Å². The lowest BCUT2D eigenvalue weighted by atomic mass is 9.98. The second kappa shape index (κ2) is 8.30. The van der Waals surface area contributed by atoms with Gasteiger partial charge in [-0.05, 0) is 42.5 Å². The molecule has 7 heteroatoms. The van der Waals surface area contributed by atoms with E-state index in [4.69, 9.17) is 0 Å². The highest BCUT2D eigenvalue weighted by Crippen LogP contribution is 2.35. The summed E-state index contributed by atoms with van der Waals surface area (Å²) in [6, 6.07) is 15.8. The van der Waals surface area contributed by atoms with E-state index in [1.165, 1.54) is 16.2 Å². The summed E-state index contributed by atoms with van der Waals surface area (Å²) in [5.41, 5.74) is 3.67. The lowest BCUT2D eigenvalue weighted by Gasteiger charge is -2.22. The van der Waals surface area contributed by atoms with Gasteiger partial charge in [-0.25, -0.2) is 4.79 Å². The predicted octanol–water partition coefficient (Wildman–Crippen LogP) is 3.44. The van der Waals surface area contributed by atoms with E-state index in [0.717, 1.165) is 37.1 Å². The van der Waals surface area contributed by atoms with E-state index >= 15 is 0 Å². The number of amides is 4. The van der Waals surface area contributed by atoms with Gasteiger partial charge in [0.05, 0.1) is 0 Å². The molecule has 0 aromatic heterocycles. The number of para-hydroxylation sites is 2. The quantitative estimate of drug-likeness (QED) is 0.685. The van der Waals surface area contributed by atoms with Crippen molar-refractivity contribution < 1.29 is 14.4 Å². The summed E-state index contributed by atoms with van der Waals surface area (Å²) >= 11 is 0. The molecule has 0 bridgehead atoms. The van der Waals surface area contributed by atoms with Crippen molar-refractivity contribution in [3.63, 3.8) is 0 Å². The number of fused-ring (bicyclic) bond motifs is 1. The number of nitrogens with zero attached hydrogens (tertiary/aromatic N) is 2. The molecular weight excluding hydrogens is 404 g/mol. The van der Waals surface area contributed by atoms with Crippen molar-refractivity contribution in [1.29, 1.82) is 0 Å². The van der Waals surface area contributed by atoms with Crippen LogP contribution in [0, 0.1) is 0 Å². The Morgan fingerprint density at radius 1 is 1.03 bits per heavy atom. The average molecular weight is 433 g/mol. The normalized spacial score (nSPS) is 18.9. The first kappa shape index (κ1) is 20.5. The molecule has 1 saturated heterocycles. The molecule has 0 unspecified atom stereocenters. The average Bonchev–Trinajstić information content (AvgIpc) is 3.48. The molecule has 166 valence electrons. The maximum Gasteiger partial charge on any atom is 0.325 e. The number of benzene rings is 2. The molecule has 2 aromatic rings. The molecular formula is C25H28N4O3. The molecule has 2 aromatic carbocycles. The Morgan fingerprint density at radius 3 is 2.62 bits per heavy atom. The van der Waals surface area contributed by atoms with Crippen LogP contribution < -0.4 is 15.5 Å². The number of urea groups is 1. The van der Waals surface area contributed by atoms with Crippen LogP contribution in [0.4, 0.5) is 16.2 Å². The number of hydrogen-bond acceptors (Lipinski definition) is 4. The summed E-state index contributed by atoms with van der Waals surface area (Å²) in [6.45, 7) is 1.76. The smallest absolute Gasteiger partial charge is 0.325 e. The molecule has 1 spiro atoms. The number of anilines is 2. The fourth-order valence-electron chi connectivity index (χ4n) is 5.18. The SMILES string of the molecule is O=C(CCN1C(=O)NC2(CCCC2)C1=O)Nc1ccccc1CN1CCc2ccccc21. The highest BCUT2D eigenvalue weighted by molar-refractivity contribution is 6.07. The Balaban J connectivity index is 1.21. The number of imide groups is 1. The first-order valence-corrected chi connectivity index (χ1v) is 11.4. The molecule has 4 amide bonds. The molecule has 32 heavy (non-hydrogen) atoms. The van der Waals surface area contributed by atoms with Crippen LogP contribution in [0.2, 0.25) is 0 Å². The highest BCUT2D eigenvalue weighted by Gasteiger charge is 2.52. The fourth-order valence-corrected chi connectivity index (χ4v) is 5.18. The third-order valence-electron chi connectivity index (χ3n) is 6.90. The third-order valence-corrected chi connectivity index (χ3v) is 6.90. The van der Waals surface area contributed by atoms with E-state index in [9.17, 15) is 14.4 Å². The summed E-state index contributed by atoms with van der Waals surface area (Å²) < 4.78 is 0. The highest BCUT2D eigenvalue weighted by atomic mass is 16.2. The van der Waals surface area contributed by atoms with Crippen molar-refractivity contribution in [3.8, 4) is 0 Å². The molecule has 2 N–H and O–H groups in total. The van der Waals surface area contributed by atoms with Gasteiger partial charge in [0.15, 0.2) is 0 Å². The third kappa shape index (κ3) is 3.72. The first-order valence-electron chi connectivity index (χ1n) is 11.4. The van der Waals surface area contributed by atoms with Crippen molar-refractivity contribution in [2.24, 2.45) is 0 Å². The first-order chi connectivity index (χ1) is 15.6. The Morgan fingerprint density at radius 2 is 1.78 bits per heavy atom. The lowest BCUT2D eigenvalue weighted by molar-refractivity contribution is -0.131. The summed E-state index contributed by atoms with van der Waals surface area (Å²) in [5.74, 6) is -0.381. The van der Waals surface area contributed by atoms with Crippen molar-refractivity contribution in [1.82, 2.24) is 10.2 Å². The van der Waals surface area contributed by atoms with E-state index in [2.05, 4.69) is 39.8 Å². The summed E-state index contributed by atoms with van der Waals surface area (Å²) in [4.78, 5) is 41.3. The Hall–Kier alpha value is -3.35. The van der Waals surface area contributed by atoms with E-state index in [-0.39, 0.29) is 30.8 Å². The number of hydrogen-bond donors (Lipinski definition) is 2. The van der Waals surface area contributed by atoms with E-state index in [1.54, 1.807) is 0 Å². The van der Waals surface area contributed by atoms with Gasteiger partial charge < -0.3 is 15.5 Å². The standard InChI is InChI=1S/C25H28N4O3/c30-22(12-16-29-23(31)25(27-24(29)32)13-5-6-14-25)26-20-9-3-1-8-19(20)17-28-15-11-18-7-2-4-10-21(18)28/h1-4,7-10H,5-6,11-17H2,(H,26,30)(H,27,32). The summed E-state index contributed by atoms with van der Waals surface area (Å²) in [7, 11) is 0. The number of nitrogens with one attached hydrogen (secondary N) is 2. The number of carbonyl (C=O) groups is 3. The number of carbonyl (C=O) groups excluding carboxylic acids is 3. The van der Waals surface area contributed by atoms with Crippen LogP contribution in [-0.2, 0) is 22.6 Å². The van der Waals surface area contributed by atoms with Gasteiger partial charge in [0.1, 0.15) is 5.54 Å². The van der Waals surface area contributed by atoms with Gasteiger partial charge in [-0.1, -0.05) is 49.2 Å². The topological polar surface area (TPSA) is 81.8 Å². The van der Waals surface area contributed by atoms with Crippen LogP contribution in [0.25, 0.3) is 0 Å². The zero-order valence-corrected chi connectivity index (χ0v) is 18.1. The van der Waals surface area contributed by atoms with Crippen LogP contribution in [0.15, 0.2) is 48.5 Å². The monoisotopic (exact) mass is 432 g/mol. The van der Waals surface area contributed by atoms with Crippen LogP contribution in [0.1, 0.15) is 43.2 Å². The van der Waals surface area contributed by atoms with Crippen LogP contribution in [0.3, 0.4) is 0 Å². The van der Waals surface area contributed by atoms with Crippen molar-refractivity contribution in [2.75, 3.05) is 23.3 Å². The molecule has 7 nitrogen and oxygen atoms in total. The van der Waals surface area contributed by atoms with Gasteiger partial charge in [0.25, 0.3) is 5.91 Å². The van der Waals surface area contributed by atoms with Gasteiger partial charge in [-0.2, -0.15) is 0 Å². The van der Waals surface area contributed by atoms with Gasteiger partial charge in [-0.15, -0.1) is 0 Å². The largest absolute Gasteiger partial charge is 0.367 e. The van der Waals surface area contributed by atoms with Gasteiger partial charge in [0.2, 0.25) is 5.91 Å². The minimum Gasteiger partial charge on any atom is -0.367 e. The molecule has 1 aliphatic carbocycles. The molecule has 3 aliphatic rings. The van der Waals surface area contributed by atoms with E-state index in [0.29, 0.717) is 19.4 Å². The van der Waals surface area contributed by atoms with E-state index in [1.807, 2.05) is 24.3 Å². The second-order valence-electron chi connectivity index (χ2n) is 8.93. The Bertz CT molecular complexity index is 1060. The van der Waals surface area contributed by atoms with Crippen molar-refractivity contribution in [2.45, 2.75) is 50.6 Å².